The van der Waals surface area contributed by atoms with E-state index in [1.54, 1.807) is 34.3 Å². The number of rotatable bonds is 5. The lowest BCUT2D eigenvalue weighted by atomic mass is 10.1. The third-order valence-corrected chi connectivity index (χ3v) is 5.05. The quantitative estimate of drug-likeness (QED) is 0.600. The molecule has 0 spiro atoms. The number of amides is 1. The molecule has 8 nitrogen and oxygen atoms in total. The first-order chi connectivity index (χ1) is 9.68. The van der Waals surface area contributed by atoms with Crippen LogP contribution in [-0.2, 0) is 21.3 Å². The Hall–Kier alpha value is -1.84. The fraction of sp³-hybridized carbons (Fsp3) is 0.417. The largest absolute Gasteiger partial charge is 0.273 e. The van der Waals surface area contributed by atoms with Gasteiger partial charge in [0.25, 0.3) is 11.6 Å². The van der Waals surface area contributed by atoms with Gasteiger partial charge in [-0.2, -0.15) is 0 Å². The fourth-order valence-electron chi connectivity index (χ4n) is 1.66. The molecule has 0 atom stereocenters. The van der Waals surface area contributed by atoms with Gasteiger partial charge in [0, 0.05) is 39.8 Å². The second kappa shape index (κ2) is 6.74. The highest BCUT2D eigenvalue weighted by Gasteiger charge is 2.20. The summed E-state index contributed by atoms with van der Waals surface area (Å²) in [6.45, 7) is 0. The zero-order valence-electron chi connectivity index (χ0n) is 12.3. The van der Waals surface area contributed by atoms with E-state index < -0.39 is 20.9 Å². The van der Waals surface area contributed by atoms with Crippen molar-refractivity contribution in [2.45, 2.75) is 6.42 Å². The molecular formula is C12H18N4O4S. The molecule has 0 aliphatic heterocycles. The van der Waals surface area contributed by atoms with Gasteiger partial charge in [-0.1, -0.05) is 18.2 Å². The van der Waals surface area contributed by atoms with Crippen LogP contribution in [0, 0.1) is 10.1 Å². The van der Waals surface area contributed by atoms with Crippen molar-refractivity contribution < 1.29 is 13.9 Å². The smallest absolute Gasteiger partial charge is 0.271 e. The lowest BCUT2D eigenvalue weighted by Gasteiger charge is -2.22. The Balaban J connectivity index is 3.13. The summed E-state index contributed by atoms with van der Waals surface area (Å²) < 4.78 is 18.9. The van der Waals surface area contributed by atoms with Crippen molar-refractivity contribution in [3.8, 4) is 0 Å². The van der Waals surface area contributed by atoms with E-state index in [1.165, 1.54) is 26.8 Å². The fourth-order valence-corrected chi connectivity index (χ4v) is 2.97. The molecule has 0 unspecified atom stereocenters. The molecule has 1 aromatic rings. The first-order valence-electron chi connectivity index (χ1n) is 6.05. The van der Waals surface area contributed by atoms with E-state index in [0.29, 0.717) is 0 Å². The van der Waals surface area contributed by atoms with Crippen LogP contribution in [0.1, 0.15) is 5.56 Å². The van der Waals surface area contributed by atoms with Gasteiger partial charge in [-0.3, -0.25) is 14.9 Å². The van der Waals surface area contributed by atoms with Gasteiger partial charge >= 0.3 is 0 Å². The normalized spacial score (nSPS) is 11.7. The molecule has 1 aromatic carbocycles. The summed E-state index contributed by atoms with van der Waals surface area (Å²) in [5, 5.41) is 10.9. The van der Waals surface area contributed by atoms with E-state index in [2.05, 4.69) is 4.36 Å². The van der Waals surface area contributed by atoms with E-state index >= 15 is 0 Å². The number of carbonyl (C=O) groups excluding carboxylic acids is 1. The van der Waals surface area contributed by atoms with E-state index in [0.717, 1.165) is 0 Å². The Labute approximate surface area is 124 Å². The molecule has 0 heterocycles. The summed E-state index contributed by atoms with van der Waals surface area (Å²) >= 11 is 0. The zero-order chi connectivity index (χ0) is 16.2. The lowest BCUT2D eigenvalue weighted by molar-refractivity contribution is -0.385. The summed E-state index contributed by atoms with van der Waals surface area (Å²) in [5.74, 6) is -0.670. The van der Waals surface area contributed by atoms with Crippen molar-refractivity contribution in [2.75, 3.05) is 28.2 Å². The maximum absolute atomic E-state index is 12.5. The van der Waals surface area contributed by atoms with Gasteiger partial charge in [-0.25, -0.2) is 12.8 Å². The van der Waals surface area contributed by atoms with Crippen molar-refractivity contribution in [2.24, 2.45) is 4.36 Å². The summed E-state index contributed by atoms with van der Waals surface area (Å²) in [6.07, 6.45) is -0.268. The third-order valence-electron chi connectivity index (χ3n) is 2.70. The minimum atomic E-state index is -3.00. The molecule has 0 aliphatic rings. The van der Waals surface area contributed by atoms with Crippen LogP contribution in [0.2, 0.25) is 0 Å². The first-order valence-corrected chi connectivity index (χ1v) is 7.48. The first kappa shape index (κ1) is 17.2. The number of benzene rings is 1. The monoisotopic (exact) mass is 314 g/mol. The standard InChI is InChI=1S/C12H18N4O4S/c1-14(2)21(20,15(3)4)13-12(17)9-10-7-5-6-8-11(10)16(18)19/h5-8H,9H2,1-4H3. The predicted octanol–water partition coefficient (Wildman–Crippen LogP) is 1.09. The number of hydrogen-bond acceptors (Lipinski definition) is 4. The zero-order valence-corrected chi connectivity index (χ0v) is 13.2. The molecule has 0 aliphatic carbocycles. The Kier molecular flexibility index (Phi) is 5.53. The van der Waals surface area contributed by atoms with E-state index in [9.17, 15) is 19.1 Å². The van der Waals surface area contributed by atoms with Crippen molar-refractivity contribution >= 4 is 21.7 Å². The molecule has 0 fully saturated rings. The third kappa shape index (κ3) is 4.06. The molecule has 0 bridgehead atoms. The minimum Gasteiger partial charge on any atom is -0.271 e. The molecule has 1 rings (SSSR count). The average molecular weight is 314 g/mol. The summed E-state index contributed by atoms with van der Waals surface area (Å²) in [6, 6.07) is 5.92. The van der Waals surface area contributed by atoms with Crippen molar-refractivity contribution in [3.05, 3.63) is 39.9 Å². The maximum atomic E-state index is 12.5. The van der Waals surface area contributed by atoms with E-state index in [4.69, 9.17) is 0 Å². The Morgan fingerprint density at radius 3 is 2.24 bits per heavy atom. The van der Waals surface area contributed by atoms with E-state index in [-0.39, 0.29) is 17.7 Å². The van der Waals surface area contributed by atoms with Gasteiger partial charge in [0.15, 0.2) is 10.1 Å². The molecule has 0 saturated carbocycles. The summed E-state index contributed by atoms with van der Waals surface area (Å²) in [7, 11) is 3.18. The topological polar surface area (TPSA) is 96.1 Å². The SMILES string of the molecule is CN(C)S(=O)(=NC(=O)Cc1ccccc1[N+](=O)[O-])N(C)C. The van der Waals surface area contributed by atoms with Gasteiger partial charge in [0.2, 0.25) is 0 Å². The highest BCUT2D eigenvalue weighted by Crippen LogP contribution is 2.19. The Morgan fingerprint density at radius 2 is 1.76 bits per heavy atom. The van der Waals surface area contributed by atoms with Crippen LogP contribution >= 0.6 is 0 Å². The number of nitro groups is 1. The Morgan fingerprint density at radius 1 is 1.24 bits per heavy atom. The minimum absolute atomic E-state index is 0.151. The van der Waals surface area contributed by atoms with Crippen LogP contribution in [0.4, 0.5) is 5.69 Å². The second-order valence-corrected chi connectivity index (χ2v) is 7.22. The molecule has 0 aromatic heterocycles. The molecule has 9 heteroatoms. The van der Waals surface area contributed by atoms with Gasteiger partial charge in [0.1, 0.15) is 0 Å². The van der Waals surface area contributed by atoms with Gasteiger partial charge in [0.05, 0.1) is 11.3 Å². The molecule has 0 radical (unpaired) electrons. The lowest BCUT2D eigenvalue weighted by Crippen LogP contribution is -2.35. The van der Waals surface area contributed by atoms with Gasteiger partial charge < -0.3 is 0 Å². The van der Waals surface area contributed by atoms with Crippen LogP contribution < -0.4 is 0 Å². The van der Waals surface area contributed by atoms with Gasteiger partial charge in [-0.05, 0) is 0 Å². The van der Waals surface area contributed by atoms with Gasteiger partial charge in [-0.15, -0.1) is 4.36 Å². The molecular weight excluding hydrogens is 296 g/mol. The number of hydrogen-bond donors (Lipinski definition) is 0. The predicted molar refractivity (Wildman–Crippen MR) is 79.8 cm³/mol. The maximum Gasteiger partial charge on any atom is 0.273 e. The number of nitrogens with zero attached hydrogens (tertiary/aromatic N) is 4. The number of carbonyl (C=O) groups is 1. The second-order valence-electron chi connectivity index (χ2n) is 4.64. The van der Waals surface area contributed by atoms with Crippen LogP contribution in [0.5, 0.6) is 0 Å². The number of para-hydroxylation sites is 1. The molecule has 0 saturated heterocycles. The summed E-state index contributed by atoms with van der Waals surface area (Å²) in [4.78, 5) is 22.3. The molecule has 116 valence electrons. The summed E-state index contributed by atoms with van der Waals surface area (Å²) in [5.41, 5.74) is 0.0952. The molecule has 21 heavy (non-hydrogen) atoms. The highest BCUT2D eigenvalue weighted by atomic mass is 32.2. The average Bonchev–Trinajstić information content (AvgIpc) is 2.38. The van der Waals surface area contributed by atoms with Crippen LogP contribution in [0.3, 0.4) is 0 Å². The van der Waals surface area contributed by atoms with Crippen LogP contribution in [0.15, 0.2) is 28.6 Å². The van der Waals surface area contributed by atoms with Crippen LogP contribution in [-0.4, -0.2) is 51.8 Å². The van der Waals surface area contributed by atoms with E-state index in [1.807, 2.05) is 0 Å². The van der Waals surface area contributed by atoms with Crippen molar-refractivity contribution in [3.63, 3.8) is 0 Å². The number of nitro benzene ring substituents is 1. The Bertz CT molecular complexity index is 649. The van der Waals surface area contributed by atoms with Crippen LogP contribution in [0.25, 0.3) is 0 Å². The van der Waals surface area contributed by atoms with Crippen molar-refractivity contribution in [1.29, 1.82) is 0 Å². The molecule has 0 N–H and O–H groups in total. The molecule has 1 amide bonds. The highest BCUT2D eigenvalue weighted by molar-refractivity contribution is 7.89. The van der Waals surface area contributed by atoms with Crippen molar-refractivity contribution in [1.82, 2.24) is 8.61 Å².